The van der Waals surface area contributed by atoms with E-state index in [0.717, 1.165) is 5.56 Å². The summed E-state index contributed by atoms with van der Waals surface area (Å²) in [5.74, 6) is 0.776. The zero-order valence-corrected chi connectivity index (χ0v) is 7.14. The molecule has 0 aliphatic carbocycles. The number of phenols is 1. The maximum Gasteiger partial charge on any atom is 0.134 e. The number of hydrogen-bond acceptors (Lipinski definition) is 2. The van der Waals surface area contributed by atoms with Crippen LogP contribution < -0.4 is 4.74 Å². The molecule has 3 heteroatoms. The van der Waals surface area contributed by atoms with E-state index in [1.807, 2.05) is 0 Å². The van der Waals surface area contributed by atoms with Gasteiger partial charge < -0.3 is 9.84 Å². The Balaban J connectivity index is 3.25. The van der Waals surface area contributed by atoms with E-state index < -0.39 is 0 Å². The van der Waals surface area contributed by atoms with Gasteiger partial charge in [0.15, 0.2) is 0 Å². The fourth-order valence-electron chi connectivity index (χ4n) is 0.874. The van der Waals surface area contributed by atoms with Gasteiger partial charge in [0.1, 0.15) is 11.5 Å². The monoisotopic (exact) mass is 172 g/mol. The van der Waals surface area contributed by atoms with Crippen LogP contribution in [0.4, 0.5) is 0 Å². The molecule has 0 bridgehead atoms. The Morgan fingerprint density at radius 1 is 1.45 bits per heavy atom. The van der Waals surface area contributed by atoms with Crippen LogP contribution >= 0.6 is 11.6 Å². The summed E-state index contributed by atoms with van der Waals surface area (Å²) in [6.45, 7) is 1.79. The summed E-state index contributed by atoms with van der Waals surface area (Å²) >= 11 is 5.73. The molecule has 0 radical (unpaired) electrons. The molecular weight excluding hydrogens is 164 g/mol. The van der Waals surface area contributed by atoms with Crippen molar-refractivity contribution >= 4 is 11.6 Å². The van der Waals surface area contributed by atoms with Crippen LogP contribution in [-0.4, -0.2) is 12.2 Å². The maximum atomic E-state index is 9.13. The highest BCUT2D eigenvalue weighted by Gasteiger charge is 2.06. The highest BCUT2D eigenvalue weighted by molar-refractivity contribution is 6.32. The van der Waals surface area contributed by atoms with Crippen LogP contribution in [0.15, 0.2) is 12.1 Å². The van der Waals surface area contributed by atoms with E-state index in [9.17, 15) is 0 Å². The van der Waals surface area contributed by atoms with E-state index >= 15 is 0 Å². The molecule has 0 spiro atoms. The standard InChI is InChI=1S/C8H9ClO2/c1-5-7(11-2)4-3-6(10)8(5)9/h3-4,10H,1-2H3. The van der Waals surface area contributed by atoms with Gasteiger partial charge in [-0.2, -0.15) is 0 Å². The zero-order valence-electron chi connectivity index (χ0n) is 6.39. The first-order valence-corrected chi connectivity index (χ1v) is 3.56. The number of halogens is 1. The molecule has 60 valence electrons. The highest BCUT2D eigenvalue weighted by atomic mass is 35.5. The number of rotatable bonds is 1. The molecule has 0 heterocycles. The minimum Gasteiger partial charge on any atom is -0.506 e. The van der Waals surface area contributed by atoms with Gasteiger partial charge in [-0.1, -0.05) is 11.6 Å². The number of methoxy groups -OCH3 is 1. The molecule has 1 N–H and O–H groups in total. The largest absolute Gasteiger partial charge is 0.506 e. The molecule has 0 saturated heterocycles. The molecule has 0 saturated carbocycles. The summed E-state index contributed by atoms with van der Waals surface area (Å²) in [5.41, 5.74) is 0.758. The second kappa shape index (κ2) is 3.01. The van der Waals surface area contributed by atoms with E-state index in [1.165, 1.54) is 6.07 Å². The Hall–Kier alpha value is -0.890. The Morgan fingerprint density at radius 3 is 2.64 bits per heavy atom. The molecule has 2 nitrogen and oxygen atoms in total. The molecular formula is C8H9ClO2. The molecule has 1 aromatic rings. The van der Waals surface area contributed by atoms with Gasteiger partial charge in [-0.3, -0.25) is 0 Å². The first-order chi connectivity index (χ1) is 5.16. The van der Waals surface area contributed by atoms with Gasteiger partial charge in [-0.25, -0.2) is 0 Å². The van der Waals surface area contributed by atoms with E-state index in [0.29, 0.717) is 10.8 Å². The van der Waals surface area contributed by atoms with Gasteiger partial charge in [0.2, 0.25) is 0 Å². The summed E-state index contributed by atoms with van der Waals surface area (Å²) in [5, 5.41) is 9.48. The molecule has 0 aliphatic heterocycles. The van der Waals surface area contributed by atoms with Crippen LogP contribution in [0.25, 0.3) is 0 Å². The predicted molar refractivity (Wildman–Crippen MR) is 44.4 cm³/mol. The number of phenolic OH excluding ortho intramolecular Hbond substituents is 1. The lowest BCUT2D eigenvalue weighted by atomic mass is 10.2. The number of hydrogen-bond donors (Lipinski definition) is 1. The van der Waals surface area contributed by atoms with E-state index in [1.54, 1.807) is 20.1 Å². The van der Waals surface area contributed by atoms with Gasteiger partial charge in [0.05, 0.1) is 12.1 Å². The van der Waals surface area contributed by atoms with E-state index in [-0.39, 0.29) is 5.75 Å². The summed E-state index contributed by atoms with van der Waals surface area (Å²) in [4.78, 5) is 0. The molecule has 1 aromatic carbocycles. The van der Waals surface area contributed by atoms with Crippen molar-refractivity contribution in [2.45, 2.75) is 6.92 Å². The number of aromatic hydroxyl groups is 1. The van der Waals surface area contributed by atoms with Crippen molar-refractivity contribution in [3.05, 3.63) is 22.7 Å². The Bertz CT molecular complexity index is 271. The molecule has 0 aromatic heterocycles. The molecule has 0 amide bonds. The SMILES string of the molecule is COc1ccc(O)c(Cl)c1C. The number of ether oxygens (including phenoxy) is 1. The van der Waals surface area contributed by atoms with Crippen molar-refractivity contribution in [2.24, 2.45) is 0 Å². The van der Waals surface area contributed by atoms with E-state index in [2.05, 4.69) is 0 Å². The normalized spacial score (nSPS) is 9.73. The average molecular weight is 173 g/mol. The zero-order chi connectivity index (χ0) is 8.43. The number of benzene rings is 1. The Labute approximate surface area is 70.4 Å². The van der Waals surface area contributed by atoms with Crippen molar-refractivity contribution in [3.8, 4) is 11.5 Å². The maximum absolute atomic E-state index is 9.13. The molecule has 0 fully saturated rings. The summed E-state index contributed by atoms with van der Waals surface area (Å²) < 4.78 is 4.99. The second-order valence-corrected chi connectivity index (χ2v) is 2.60. The van der Waals surface area contributed by atoms with Crippen molar-refractivity contribution in [1.82, 2.24) is 0 Å². The first-order valence-electron chi connectivity index (χ1n) is 3.19. The van der Waals surface area contributed by atoms with Gasteiger partial charge >= 0.3 is 0 Å². The van der Waals surface area contributed by atoms with Crippen molar-refractivity contribution < 1.29 is 9.84 Å². The van der Waals surface area contributed by atoms with Crippen molar-refractivity contribution in [2.75, 3.05) is 7.11 Å². The summed E-state index contributed by atoms with van der Waals surface area (Å²) in [6.07, 6.45) is 0. The van der Waals surface area contributed by atoms with Crippen LogP contribution in [-0.2, 0) is 0 Å². The molecule has 0 aliphatic rings. The van der Waals surface area contributed by atoms with E-state index in [4.69, 9.17) is 21.4 Å². The topological polar surface area (TPSA) is 29.5 Å². The minimum atomic E-state index is 0.0879. The van der Waals surface area contributed by atoms with Gasteiger partial charge in [-0.05, 0) is 19.1 Å². The highest BCUT2D eigenvalue weighted by Crippen LogP contribution is 2.32. The van der Waals surface area contributed by atoms with Crippen molar-refractivity contribution in [3.63, 3.8) is 0 Å². The fourth-order valence-corrected chi connectivity index (χ4v) is 1.03. The lowest BCUT2D eigenvalue weighted by Gasteiger charge is -2.06. The van der Waals surface area contributed by atoms with Crippen LogP contribution in [0.1, 0.15) is 5.56 Å². The van der Waals surface area contributed by atoms with Crippen LogP contribution in [0.2, 0.25) is 5.02 Å². The Morgan fingerprint density at radius 2 is 2.09 bits per heavy atom. The van der Waals surface area contributed by atoms with Gasteiger partial charge in [-0.15, -0.1) is 0 Å². The molecule has 0 unspecified atom stereocenters. The molecule has 11 heavy (non-hydrogen) atoms. The smallest absolute Gasteiger partial charge is 0.134 e. The lowest BCUT2D eigenvalue weighted by molar-refractivity contribution is 0.409. The summed E-state index contributed by atoms with van der Waals surface area (Å²) in [7, 11) is 1.57. The quantitative estimate of drug-likeness (QED) is 0.705. The second-order valence-electron chi connectivity index (χ2n) is 2.23. The fraction of sp³-hybridized carbons (Fsp3) is 0.250. The Kier molecular flexibility index (Phi) is 2.25. The van der Waals surface area contributed by atoms with Gasteiger partial charge in [0.25, 0.3) is 0 Å². The first kappa shape index (κ1) is 8.21. The predicted octanol–water partition coefficient (Wildman–Crippen LogP) is 2.36. The summed E-state index contributed by atoms with van der Waals surface area (Å²) in [6, 6.07) is 3.19. The van der Waals surface area contributed by atoms with Crippen LogP contribution in [0.5, 0.6) is 11.5 Å². The van der Waals surface area contributed by atoms with Crippen LogP contribution in [0, 0.1) is 6.92 Å². The minimum absolute atomic E-state index is 0.0879. The van der Waals surface area contributed by atoms with Gasteiger partial charge in [0, 0.05) is 5.56 Å². The van der Waals surface area contributed by atoms with Crippen LogP contribution in [0.3, 0.4) is 0 Å². The third-order valence-corrected chi connectivity index (χ3v) is 2.01. The third kappa shape index (κ3) is 1.40. The average Bonchev–Trinajstić information content (AvgIpc) is 2.01. The lowest BCUT2D eigenvalue weighted by Crippen LogP contribution is -1.87. The molecule has 0 atom stereocenters. The third-order valence-electron chi connectivity index (χ3n) is 1.54. The van der Waals surface area contributed by atoms with Crippen molar-refractivity contribution in [1.29, 1.82) is 0 Å². The molecule has 1 rings (SSSR count).